The molecule has 3 aromatic rings. The molecule has 0 fully saturated rings. The van der Waals surface area contributed by atoms with Gasteiger partial charge in [-0.3, -0.25) is 4.40 Å². The van der Waals surface area contributed by atoms with Crippen molar-refractivity contribution in [2.45, 2.75) is 19.5 Å². The third-order valence-corrected chi connectivity index (χ3v) is 3.69. The number of carbonyl (C=O) groups excluding carboxylic acids is 1. The van der Waals surface area contributed by atoms with Crippen molar-refractivity contribution < 1.29 is 4.79 Å². The van der Waals surface area contributed by atoms with Gasteiger partial charge >= 0.3 is 6.03 Å². The first-order chi connectivity index (χ1) is 11.1. The van der Waals surface area contributed by atoms with E-state index < -0.39 is 0 Å². The van der Waals surface area contributed by atoms with Crippen LogP contribution in [-0.2, 0) is 6.54 Å². The Hall–Kier alpha value is -2.60. The molecule has 0 spiro atoms. The predicted molar refractivity (Wildman–Crippen MR) is 88.2 cm³/mol. The largest absolute Gasteiger partial charge is 0.334 e. The third kappa shape index (κ3) is 3.60. The number of aromatic nitrogens is 3. The predicted octanol–water partition coefficient (Wildman–Crippen LogP) is 2.94. The van der Waals surface area contributed by atoms with Gasteiger partial charge in [-0.15, -0.1) is 10.2 Å². The Kier molecular flexibility index (Phi) is 4.43. The number of urea groups is 1. The molecule has 0 aliphatic rings. The van der Waals surface area contributed by atoms with E-state index in [0.717, 1.165) is 11.2 Å². The van der Waals surface area contributed by atoms with Crippen LogP contribution in [0.1, 0.15) is 24.4 Å². The average Bonchev–Trinajstić information content (AvgIpc) is 2.98. The molecule has 1 aromatic carbocycles. The number of nitrogens with zero attached hydrogens (tertiary/aromatic N) is 3. The summed E-state index contributed by atoms with van der Waals surface area (Å²) in [5.74, 6) is 0.683. The number of benzene rings is 1. The normalized spacial score (nSPS) is 12.1. The summed E-state index contributed by atoms with van der Waals surface area (Å²) >= 11 is 5.83. The molecule has 2 heterocycles. The standard InChI is InChI=1S/C16H16ClN5O/c1-11(15-21-20-14-4-2-3-9-22(14)15)19-16(23)18-10-12-5-7-13(17)8-6-12/h2-9,11H,10H2,1H3,(H2,18,19,23)/t11-/m0/s1. The van der Waals surface area contributed by atoms with Crippen LogP contribution in [0.4, 0.5) is 4.79 Å². The zero-order valence-electron chi connectivity index (χ0n) is 12.5. The molecular weight excluding hydrogens is 314 g/mol. The summed E-state index contributed by atoms with van der Waals surface area (Å²) < 4.78 is 1.85. The fourth-order valence-electron chi connectivity index (χ4n) is 2.25. The van der Waals surface area contributed by atoms with Crippen LogP contribution < -0.4 is 10.6 Å². The molecule has 118 valence electrons. The summed E-state index contributed by atoms with van der Waals surface area (Å²) in [6.45, 7) is 2.29. The van der Waals surface area contributed by atoms with Crippen molar-refractivity contribution in [1.82, 2.24) is 25.2 Å². The lowest BCUT2D eigenvalue weighted by Crippen LogP contribution is -2.37. The maximum absolute atomic E-state index is 12.0. The van der Waals surface area contributed by atoms with Crippen LogP contribution in [0.5, 0.6) is 0 Å². The second kappa shape index (κ2) is 6.66. The van der Waals surface area contributed by atoms with Crippen molar-refractivity contribution >= 4 is 23.3 Å². The Balaban J connectivity index is 1.60. The van der Waals surface area contributed by atoms with Gasteiger partial charge < -0.3 is 10.6 Å². The van der Waals surface area contributed by atoms with E-state index in [0.29, 0.717) is 17.4 Å². The van der Waals surface area contributed by atoms with Crippen molar-refractivity contribution in [2.75, 3.05) is 0 Å². The lowest BCUT2D eigenvalue weighted by atomic mass is 10.2. The summed E-state index contributed by atoms with van der Waals surface area (Å²) in [5.41, 5.74) is 1.72. The molecule has 1 atom stereocenters. The maximum Gasteiger partial charge on any atom is 0.315 e. The smallest absolute Gasteiger partial charge is 0.315 e. The molecule has 2 amide bonds. The number of pyridine rings is 1. The summed E-state index contributed by atoms with van der Waals surface area (Å²) in [7, 11) is 0. The third-order valence-electron chi connectivity index (χ3n) is 3.44. The zero-order chi connectivity index (χ0) is 16.2. The van der Waals surface area contributed by atoms with E-state index >= 15 is 0 Å². The van der Waals surface area contributed by atoms with Gasteiger partial charge in [0.1, 0.15) is 0 Å². The fraction of sp³-hybridized carbons (Fsp3) is 0.188. The Morgan fingerprint density at radius 3 is 2.78 bits per heavy atom. The van der Waals surface area contributed by atoms with Crippen molar-refractivity contribution in [3.05, 3.63) is 65.1 Å². The quantitative estimate of drug-likeness (QED) is 0.773. The average molecular weight is 330 g/mol. The molecule has 0 bridgehead atoms. The van der Waals surface area contributed by atoms with Crippen LogP contribution >= 0.6 is 11.6 Å². The number of halogens is 1. The Morgan fingerprint density at radius 1 is 1.22 bits per heavy atom. The molecule has 0 radical (unpaired) electrons. The minimum Gasteiger partial charge on any atom is -0.334 e. The van der Waals surface area contributed by atoms with Crippen LogP contribution in [0, 0.1) is 0 Å². The fourth-order valence-corrected chi connectivity index (χ4v) is 2.38. The highest BCUT2D eigenvalue weighted by molar-refractivity contribution is 6.30. The lowest BCUT2D eigenvalue weighted by molar-refractivity contribution is 0.237. The van der Waals surface area contributed by atoms with Crippen LogP contribution in [-0.4, -0.2) is 20.6 Å². The second-order valence-electron chi connectivity index (χ2n) is 5.16. The van der Waals surface area contributed by atoms with Gasteiger partial charge in [0.05, 0.1) is 6.04 Å². The number of fused-ring (bicyclic) bond motifs is 1. The molecule has 0 aliphatic heterocycles. The highest BCUT2D eigenvalue weighted by atomic mass is 35.5. The van der Waals surface area contributed by atoms with Gasteiger partial charge in [-0.05, 0) is 36.8 Å². The molecule has 23 heavy (non-hydrogen) atoms. The number of carbonyl (C=O) groups is 1. The lowest BCUT2D eigenvalue weighted by Gasteiger charge is -2.13. The van der Waals surface area contributed by atoms with Crippen molar-refractivity contribution in [2.24, 2.45) is 0 Å². The van der Waals surface area contributed by atoms with Gasteiger partial charge in [0.25, 0.3) is 0 Å². The van der Waals surface area contributed by atoms with Crippen molar-refractivity contribution in [3.63, 3.8) is 0 Å². The van der Waals surface area contributed by atoms with Crippen molar-refractivity contribution in [3.8, 4) is 0 Å². The summed E-state index contributed by atoms with van der Waals surface area (Å²) in [6.07, 6.45) is 1.87. The van der Waals surface area contributed by atoms with Gasteiger partial charge in [0, 0.05) is 17.8 Å². The Bertz CT molecular complexity index is 815. The van der Waals surface area contributed by atoms with Crippen LogP contribution in [0.15, 0.2) is 48.7 Å². The molecule has 0 saturated carbocycles. The monoisotopic (exact) mass is 329 g/mol. The number of hydrogen-bond acceptors (Lipinski definition) is 3. The van der Waals surface area contributed by atoms with Crippen molar-refractivity contribution in [1.29, 1.82) is 0 Å². The minimum atomic E-state index is -0.266. The highest BCUT2D eigenvalue weighted by Gasteiger charge is 2.15. The van der Waals surface area contributed by atoms with Gasteiger partial charge in [0.2, 0.25) is 0 Å². The Morgan fingerprint density at radius 2 is 2.00 bits per heavy atom. The first kappa shape index (κ1) is 15.3. The van der Waals surface area contributed by atoms with Crippen LogP contribution in [0.3, 0.4) is 0 Å². The van der Waals surface area contributed by atoms with E-state index in [9.17, 15) is 4.79 Å². The topological polar surface area (TPSA) is 71.3 Å². The summed E-state index contributed by atoms with van der Waals surface area (Å²) in [5, 5.41) is 14.5. The molecule has 2 aromatic heterocycles. The van der Waals surface area contributed by atoms with E-state index in [1.165, 1.54) is 0 Å². The number of rotatable bonds is 4. The maximum atomic E-state index is 12.0. The number of hydrogen-bond donors (Lipinski definition) is 2. The molecular formula is C16H16ClN5O. The molecule has 3 rings (SSSR count). The van der Waals surface area contributed by atoms with Crippen LogP contribution in [0.2, 0.25) is 5.02 Å². The van der Waals surface area contributed by atoms with Gasteiger partial charge in [-0.2, -0.15) is 0 Å². The van der Waals surface area contributed by atoms with Crippen LogP contribution in [0.25, 0.3) is 5.65 Å². The Labute approximate surface area is 138 Å². The molecule has 2 N–H and O–H groups in total. The van der Waals surface area contributed by atoms with E-state index in [2.05, 4.69) is 20.8 Å². The SMILES string of the molecule is C[C@H](NC(=O)NCc1ccc(Cl)cc1)c1nnc2ccccn12. The van der Waals surface area contributed by atoms with Gasteiger partial charge in [0.15, 0.2) is 11.5 Å². The molecule has 0 aliphatic carbocycles. The van der Waals surface area contributed by atoms with E-state index in [1.807, 2.05) is 47.9 Å². The zero-order valence-corrected chi connectivity index (χ0v) is 13.3. The first-order valence-corrected chi connectivity index (χ1v) is 7.60. The van der Waals surface area contributed by atoms with Gasteiger partial charge in [-0.25, -0.2) is 4.79 Å². The highest BCUT2D eigenvalue weighted by Crippen LogP contribution is 2.12. The van der Waals surface area contributed by atoms with E-state index in [4.69, 9.17) is 11.6 Å². The first-order valence-electron chi connectivity index (χ1n) is 7.22. The summed E-state index contributed by atoms with van der Waals surface area (Å²) in [6, 6.07) is 12.5. The molecule has 6 nitrogen and oxygen atoms in total. The van der Waals surface area contributed by atoms with Gasteiger partial charge in [-0.1, -0.05) is 29.8 Å². The summed E-state index contributed by atoms with van der Waals surface area (Å²) in [4.78, 5) is 12.0. The molecule has 0 saturated heterocycles. The van der Waals surface area contributed by atoms with E-state index in [1.54, 1.807) is 12.1 Å². The number of nitrogens with one attached hydrogen (secondary N) is 2. The van der Waals surface area contributed by atoms with E-state index in [-0.39, 0.29) is 12.1 Å². The molecule has 7 heteroatoms. The second-order valence-corrected chi connectivity index (χ2v) is 5.60. The minimum absolute atomic E-state index is 0.264. The number of amides is 2. The molecule has 0 unspecified atom stereocenters.